The molecule has 0 bridgehead atoms. The van der Waals surface area contributed by atoms with E-state index in [1.165, 1.54) is 11.1 Å². The first-order chi connectivity index (χ1) is 8.72. The lowest BCUT2D eigenvalue weighted by Crippen LogP contribution is -2.40. The van der Waals surface area contributed by atoms with Crippen LogP contribution in [0.4, 0.5) is 0 Å². The van der Waals surface area contributed by atoms with E-state index in [4.69, 9.17) is 9.84 Å². The summed E-state index contributed by atoms with van der Waals surface area (Å²) in [6, 6.07) is 9.00. The minimum Gasteiger partial charge on any atom is -0.396 e. The van der Waals surface area contributed by atoms with Gasteiger partial charge in [0.1, 0.15) is 0 Å². The van der Waals surface area contributed by atoms with Crippen molar-refractivity contribution in [1.29, 1.82) is 0 Å². The summed E-state index contributed by atoms with van der Waals surface area (Å²) in [6.07, 6.45) is 0.788. The van der Waals surface area contributed by atoms with Crippen LogP contribution in [0.3, 0.4) is 0 Å². The third-order valence-corrected chi connectivity index (χ3v) is 3.63. The molecule has 18 heavy (non-hydrogen) atoms. The maximum Gasteiger partial charge on any atom is 0.0721 e. The quantitative estimate of drug-likeness (QED) is 0.841. The van der Waals surface area contributed by atoms with Crippen LogP contribution in [0.15, 0.2) is 24.3 Å². The van der Waals surface area contributed by atoms with Crippen molar-refractivity contribution in [2.24, 2.45) is 5.92 Å². The third-order valence-electron chi connectivity index (χ3n) is 3.63. The van der Waals surface area contributed by atoms with Crippen LogP contribution in [0.1, 0.15) is 37.4 Å². The highest BCUT2D eigenvalue weighted by Crippen LogP contribution is 2.25. The Bertz CT molecular complexity index is 379. The van der Waals surface area contributed by atoms with Crippen LogP contribution in [0.5, 0.6) is 0 Å². The summed E-state index contributed by atoms with van der Waals surface area (Å²) in [5.74, 6) is 0.506. The SMILES string of the molecule is CC(C)C(CCO)NC1COCc2ccccc21. The van der Waals surface area contributed by atoms with E-state index in [-0.39, 0.29) is 12.6 Å². The molecule has 1 aromatic rings. The Morgan fingerprint density at radius 3 is 2.89 bits per heavy atom. The Balaban J connectivity index is 2.10. The van der Waals surface area contributed by atoms with Gasteiger partial charge >= 0.3 is 0 Å². The van der Waals surface area contributed by atoms with Gasteiger partial charge in [0.15, 0.2) is 0 Å². The number of aliphatic hydroxyl groups excluding tert-OH is 1. The summed E-state index contributed by atoms with van der Waals surface area (Å²) in [5.41, 5.74) is 2.61. The molecule has 2 atom stereocenters. The molecular weight excluding hydrogens is 226 g/mol. The standard InChI is InChI=1S/C15H23NO2/c1-11(2)14(7-8-17)16-15-10-18-9-12-5-3-4-6-13(12)15/h3-6,11,14-17H,7-10H2,1-2H3. The molecular formula is C15H23NO2. The molecule has 1 heterocycles. The van der Waals surface area contributed by atoms with Crippen LogP contribution in [-0.2, 0) is 11.3 Å². The first-order valence-electron chi connectivity index (χ1n) is 6.75. The van der Waals surface area contributed by atoms with Gasteiger partial charge < -0.3 is 15.2 Å². The van der Waals surface area contributed by atoms with Gasteiger partial charge in [-0.15, -0.1) is 0 Å². The predicted molar refractivity (Wildman–Crippen MR) is 72.3 cm³/mol. The van der Waals surface area contributed by atoms with E-state index in [2.05, 4.69) is 43.4 Å². The molecule has 100 valence electrons. The second-order valence-electron chi connectivity index (χ2n) is 5.30. The van der Waals surface area contributed by atoms with E-state index in [1.807, 2.05) is 0 Å². The minimum atomic E-state index is 0.227. The summed E-state index contributed by atoms with van der Waals surface area (Å²) in [4.78, 5) is 0. The number of aliphatic hydroxyl groups is 1. The average molecular weight is 249 g/mol. The number of hydrogen-bond acceptors (Lipinski definition) is 3. The second-order valence-corrected chi connectivity index (χ2v) is 5.30. The largest absolute Gasteiger partial charge is 0.396 e. The van der Waals surface area contributed by atoms with E-state index in [0.717, 1.165) is 6.42 Å². The average Bonchev–Trinajstić information content (AvgIpc) is 2.38. The van der Waals surface area contributed by atoms with Gasteiger partial charge in [0, 0.05) is 12.6 Å². The molecule has 2 N–H and O–H groups in total. The third kappa shape index (κ3) is 3.10. The summed E-state index contributed by atoms with van der Waals surface area (Å²) >= 11 is 0. The Hall–Kier alpha value is -0.900. The van der Waals surface area contributed by atoms with Crippen molar-refractivity contribution < 1.29 is 9.84 Å². The van der Waals surface area contributed by atoms with E-state index in [1.54, 1.807) is 0 Å². The lowest BCUT2D eigenvalue weighted by atomic mass is 9.95. The van der Waals surface area contributed by atoms with Crippen molar-refractivity contribution in [1.82, 2.24) is 5.32 Å². The number of benzene rings is 1. The lowest BCUT2D eigenvalue weighted by Gasteiger charge is -2.32. The molecule has 0 amide bonds. The molecule has 0 spiro atoms. The molecule has 1 aliphatic rings. The fraction of sp³-hybridized carbons (Fsp3) is 0.600. The summed E-state index contributed by atoms with van der Waals surface area (Å²) in [6.45, 7) is 6.02. The van der Waals surface area contributed by atoms with Gasteiger partial charge in [-0.3, -0.25) is 0 Å². The molecule has 3 heteroatoms. The maximum absolute atomic E-state index is 9.14. The molecule has 3 nitrogen and oxygen atoms in total. The first-order valence-corrected chi connectivity index (χ1v) is 6.75. The second kappa shape index (κ2) is 6.32. The van der Waals surface area contributed by atoms with Crippen molar-refractivity contribution in [3.63, 3.8) is 0 Å². The molecule has 0 saturated heterocycles. The minimum absolute atomic E-state index is 0.227. The number of hydrogen-bond donors (Lipinski definition) is 2. The Kier molecular flexibility index (Phi) is 4.75. The molecule has 0 fully saturated rings. The summed E-state index contributed by atoms with van der Waals surface area (Å²) in [7, 11) is 0. The number of fused-ring (bicyclic) bond motifs is 1. The lowest BCUT2D eigenvalue weighted by molar-refractivity contribution is 0.0740. The maximum atomic E-state index is 9.14. The number of nitrogens with one attached hydrogen (secondary N) is 1. The molecule has 2 rings (SSSR count). The van der Waals surface area contributed by atoms with Gasteiger partial charge in [0.2, 0.25) is 0 Å². The van der Waals surface area contributed by atoms with Gasteiger partial charge in [-0.05, 0) is 23.5 Å². The van der Waals surface area contributed by atoms with Crippen LogP contribution in [0, 0.1) is 5.92 Å². The van der Waals surface area contributed by atoms with Crippen LogP contribution in [0.25, 0.3) is 0 Å². The van der Waals surface area contributed by atoms with Crippen molar-refractivity contribution in [3.05, 3.63) is 35.4 Å². The smallest absolute Gasteiger partial charge is 0.0721 e. The van der Waals surface area contributed by atoms with Crippen molar-refractivity contribution in [2.75, 3.05) is 13.2 Å². The Labute approximate surface area is 109 Å². The van der Waals surface area contributed by atoms with E-state index >= 15 is 0 Å². The first kappa shape index (κ1) is 13.5. The monoisotopic (exact) mass is 249 g/mol. The van der Waals surface area contributed by atoms with Crippen molar-refractivity contribution >= 4 is 0 Å². The molecule has 0 saturated carbocycles. The van der Waals surface area contributed by atoms with Crippen molar-refractivity contribution in [3.8, 4) is 0 Å². The van der Waals surface area contributed by atoms with Gasteiger partial charge in [-0.2, -0.15) is 0 Å². The highest BCUT2D eigenvalue weighted by Gasteiger charge is 2.24. The van der Waals surface area contributed by atoms with Crippen LogP contribution in [0.2, 0.25) is 0 Å². The van der Waals surface area contributed by atoms with E-state index in [9.17, 15) is 0 Å². The molecule has 0 aliphatic carbocycles. The zero-order valence-electron chi connectivity index (χ0n) is 11.2. The predicted octanol–water partition coefficient (Wildman–Crippen LogP) is 2.25. The molecule has 0 aromatic heterocycles. The van der Waals surface area contributed by atoms with Gasteiger partial charge in [0.05, 0.1) is 19.3 Å². The normalized spacial score (nSPS) is 20.8. The van der Waals surface area contributed by atoms with Crippen LogP contribution in [-0.4, -0.2) is 24.4 Å². The van der Waals surface area contributed by atoms with E-state index in [0.29, 0.717) is 25.2 Å². The Morgan fingerprint density at radius 1 is 1.39 bits per heavy atom. The van der Waals surface area contributed by atoms with Gasteiger partial charge in [-0.25, -0.2) is 0 Å². The zero-order valence-corrected chi connectivity index (χ0v) is 11.2. The molecule has 1 aromatic carbocycles. The highest BCUT2D eigenvalue weighted by atomic mass is 16.5. The Morgan fingerprint density at radius 2 is 2.17 bits per heavy atom. The summed E-state index contributed by atoms with van der Waals surface area (Å²) in [5, 5.41) is 12.8. The van der Waals surface area contributed by atoms with Gasteiger partial charge in [0.25, 0.3) is 0 Å². The van der Waals surface area contributed by atoms with Crippen molar-refractivity contribution in [2.45, 2.75) is 39.0 Å². The van der Waals surface area contributed by atoms with Crippen LogP contribution < -0.4 is 5.32 Å². The fourth-order valence-electron chi connectivity index (χ4n) is 2.53. The van der Waals surface area contributed by atoms with E-state index < -0.39 is 0 Å². The topological polar surface area (TPSA) is 41.5 Å². The zero-order chi connectivity index (χ0) is 13.0. The number of rotatable bonds is 5. The highest BCUT2D eigenvalue weighted by molar-refractivity contribution is 5.31. The molecule has 1 aliphatic heterocycles. The number of ether oxygens (including phenoxy) is 1. The summed E-state index contributed by atoms with van der Waals surface area (Å²) < 4.78 is 5.64. The van der Waals surface area contributed by atoms with Crippen LogP contribution >= 0.6 is 0 Å². The fourth-order valence-corrected chi connectivity index (χ4v) is 2.53. The molecule has 2 unspecified atom stereocenters. The van der Waals surface area contributed by atoms with Gasteiger partial charge in [-0.1, -0.05) is 38.1 Å². The molecule has 0 radical (unpaired) electrons.